The number of nitrogen functional groups attached to an aromatic ring is 1. The lowest BCUT2D eigenvalue weighted by atomic mass is 10.2. The van der Waals surface area contributed by atoms with Crippen molar-refractivity contribution in [2.75, 3.05) is 51.0 Å². The third kappa shape index (κ3) is 7.65. The number of nitrogens with two attached hydrogens (primary N) is 1. The molecule has 21 heavy (non-hydrogen) atoms. The number of hydrogen-bond donors (Lipinski definition) is 3. The van der Waals surface area contributed by atoms with Crippen LogP contribution in [0.2, 0.25) is 0 Å². The van der Waals surface area contributed by atoms with Crippen LogP contribution in [0.4, 0.5) is 11.4 Å². The van der Waals surface area contributed by atoms with E-state index in [1.54, 1.807) is 31.4 Å². The Balaban J connectivity index is 2.26. The predicted octanol–water partition coefficient (Wildman–Crippen LogP) is 0.928. The van der Waals surface area contributed by atoms with E-state index < -0.39 is 0 Å². The number of aliphatic hydroxyl groups is 1. The molecular weight excluding hydrogens is 270 g/mol. The molecule has 1 aromatic carbocycles. The van der Waals surface area contributed by atoms with Crippen molar-refractivity contribution in [2.24, 2.45) is 0 Å². The van der Waals surface area contributed by atoms with Crippen molar-refractivity contribution in [3.63, 3.8) is 0 Å². The molecule has 0 atom stereocenters. The minimum absolute atomic E-state index is 0.0181. The van der Waals surface area contributed by atoms with E-state index in [0.717, 1.165) is 25.2 Å². The number of hydrogen-bond acceptors (Lipinski definition) is 5. The maximum absolute atomic E-state index is 11.8. The van der Waals surface area contributed by atoms with Gasteiger partial charge in [-0.2, -0.15) is 0 Å². The number of carbonyl (C=O) groups is 1. The number of aliphatic hydroxyl groups excluding tert-OH is 1. The SMILES string of the molecule is COCCN(CCO)CCCC(=O)Nc1ccc(N)cc1. The zero-order valence-electron chi connectivity index (χ0n) is 12.5. The molecule has 0 bridgehead atoms. The summed E-state index contributed by atoms with van der Waals surface area (Å²) in [6.45, 7) is 2.86. The Hall–Kier alpha value is -1.63. The van der Waals surface area contributed by atoms with Gasteiger partial charge in [0.1, 0.15) is 0 Å². The summed E-state index contributed by atoms with van der Waals surface area (Å²) in [5.41, 5.74) is 7.01. The van der Waals surface area contributed by atoms with Gasteiger partial charge in [0.05, 0.1) is 13.2 Å². The smallest absolute Gasteiger partial charge is 0.224 e. The Morgan fingerprint density at radius 1 is 1.29 bits per heavy atom. The molecule has 0 fully saturated rings. The van der Waals surface area contributed by atoms with Gasteiger partial charge in [0.25, 0.3) is 0 Å². The third-order valence-corrected chi connectivity index (χ3v) is 3.10. The van der Waals surface area contributed by atoms with Gasteiger partial charge < -0.3 is 20.9 Å². The maximum Gasteiger partial charge on any atom is 0.224 e. The first kappa shape index (κ1) is 17.4. The molecule has 1 aromatic rings. The molecule has 118 valence electrons. The molecule has 6 nitrogen and oxygen atoms in total. The van der Waals surface area contributed by atoms with E-state index in [-0.39, 0.29) is 12.5 Å². The number of carbonyl (C=O) groups excluding carboxylic acids is 1. The van der Waals surface area contributed by atoms with Crippen molar-refractivity contribution >= 4 is 17.3 Å². The zero-order valence-corrected chi connectivity index (χ0v) is 12.5. The molecule has 0 radical (unpaired) electrons. The Morgan fingerprint density at radius 3 is 2.62 bits per heavy atom. The van der Waals surface area contributed by atoms with Crippen molar-refractivity contribution < 1.29 is 14.6 Å². The average molecular weight is 295 g/mol. The van der Waals surface area contributed by atoms with Crippen LogP contribution in [0.3, 0.4) is 0 Å². The van der Waals surface area contributed by atoms with E-state index in [0.29, 0.717) is 25.3 Å². The third-order valence-electron chi connectivity index (χ3n) is 3.10. The van der Waals surface area contributed by atoms with Gasteiger partial charge in [-0.25, -0.2) is 0 Å². The summed E-state index contributed by atoms with van der Waals surface area (Å²) >= 11 is 0. The Labute approximate surface area is 125 Å². The summed E-state index contributed by atoms with van der Waals surface area (Å²) < 4.78 is 5.02. The van der Waals surface area contributed by atoms with Gasteiger partial charge in [-0.15, -0.1) is 0 Å². The first-order chi connectivity index (χ1) is 10.2. The molecular formula is C15H25N3O3. The van der Waals surface area contributed by atoms with E-state index >= 15 is 0 Å². The number of ether oxygens (including phenoxy) is 1. The van der Waals surface area contributed by atoms with Gasteiger partial charge in [0.2, 0.25) is 5.91 Å². The van der Waals surface area contributed by atoms with E-state index in [9.17, 15) is 4.79 Å². The minimum atomic E-state index is -0.0181. The van der Waals surface area contributed by atoms with Crippen LogP contribution in [0.25, 0.3) is 0 Å². The van der Waals surface area contributed by atoms with Gasteiger partial charge in [-0.3, -0.25) is 9.69 Å². The Kier molecular flexibility index (Phi) is 8.42. The molecule has 0 saturated heterocycles. The molecule has 0 aliphatic rings. The van der Waals surface area contributed by atoms with Crippen molar-refractivity contribution in [2.45, 2.75) is 12.8 Å². The van der Waals surface area contributed by atoms with Crippen LogP contribution in [0.1, 0.15) is 12.8 Å². The highest BCUT2D eigenvalue weighted by Gasteiger charge is 2.06. The molecule has 0 saturated carbocycles. The fraction of sp³-hybridized carbons (Fsp3) is 0.533. The van der Waals surface area contributed by atoms with Crippen molar-refractivity contribution in [1.29, 1.82) is 0 Å². The predicted molar refractivity (Wildman–Crippen MR) is 84.1 cm³/mol. The fourth-order valence-electron chi connectivity index (χ4n) is 1.95. The van der Waals surface area contributed by atoms with Gasteiger partial charge in [0.15, 0.2) is 0 Å². The van der Waals surface area contributed by atoms with E-state index in [2.05, 4.69) is 10.2 Å². The highest BCUT2D eigenvalue weighted by atomic mass is 16.5. The summed E-state index contributed by atoms with van der Waals surface area (Å²) in [4.78, 5) is 13.9. The maximum atomic E-state index is 11.8. The quantitative estimate of drug-likeness (QED) is 0.559. The molecule has 0 spiro atoms. The minimum Gasteiger partial charge on any atom is -0.399 e. The second kappa shape index (κ2) is 10.1. The van der Waals surface area contributed by atoms with Crippen LogP contribution in [0, 0.1) is 0 Å². The van der Waals surface area contributed by atoms with Crippen LogP contribution in [0.15, 0.2) is 24.3 Å². The number of nitrogens with zero attached hydrogens (tertiary/aromatic N) is 1. The number of nitrogens with one attached hydrogen (secondary N) is 1. The molecule has 0 aliphatic heterocycles. The molecule has 1 amide bonds. The summed E-state index contributed by atoms with van der Waals surface area (Å²) in [6, 6.07) is 7.07. The Morgan fingerprint density at radius 2 is 2.00 bits per heavy atom. The van der Waals surface area contributed by atoms with Gasteiger partial charge >= 0.3 is 0 Å². The topological polar surface area (TPSA) is 87.8 Å². The van der Waals surface area contributed by atoms with Crippen LogP contribution < -0.4 is 11.1 Å². The summed E-state index contributed by atoms with van der Waals surface area (Å²) in [6.07, 6.45) is 1.18. The summed E-state index contributed by atoms with van der Waals surface area (Å²) in [5, 5.41) is 11.8. The molecule has 0 aromatic heterocycles. The van der Waals surface area contributed by atoms with E-state index in [4.69, 9.17) is 15.6 Å². The van der Waals surface area contributed by atoms with Crippen molar-refractivity contribution in [1.82, 2.24) is 4.90 Å². The Bertz CT molecular complexity index is 409. The zero-order chi connectivity index (χ0) is 15.5. The largest absolute Gasteiger partial charge is 0.399 e. The lowest BCUT2D eigenvalue weighted by Crippen LogP contribution is -2.31. The van der Waals surface area contributed by atoms with Crippen LogP contribution in [-0.4, -0.2) is 55.9 Å². The molecule has 0 aliphatic carbocycles. The van der Waals surface area contributed by atoms with Gasteiger partial charge in [-0.1, -0.05) is 0 Å². The highest BCUT2D eigenvalue weighted by Crippen LogP contribution is 2.11. The summed E-state index contributed by atoms with van der Waals surface area (Å²) in [5.74, 6) is -0.0181. The van der Waals surface area contributed by atoms with Crippen molar-refractivity contribution in [3.05, 3.63) is 24.3 Å². The van der Waals surface area contributed by atoms with E-state index in [1.807, 2.05) is 0 Å². The number of benzene rings is 1. The first-order valence-electron chi connectivity index (χ1n) is 7.13. The van der Waals surface area contributed by atoms with E-state index in [1.165, 1.54) is 0 Å². The highest BCUT2D eigenvalue weighted by molar-refractivity contribution is 5.90. The monoisotopic (exact) mass is 295 g/mol. The lowest BCUT2D eigenvalue weighted by Gasteiger charge is -2.20. The fourth-order valence-corrected chi connectivity index (χ4v) is 1.95. The number of anilines is 2. The second-order valence-electron chi connectivity index (χ2n) is 4.83. The molecule has 1 rings (SSSR count). The molecule has 4 N–H and O–H groups in total. The normalized spacial score (nSPS) is 10.8. The van der Waals surface area contributed by atoms with Crippen LogP contribution >= 0.6 is 0 Å². The second-order valence-corrected chi connectivity index (χ2v) is 4.83. The number of rotatable bonds is 10. The standard InChI is InChI=1S/C15H25N3O3/c1-21-12-10-18(9-11-19)8-2-3-15(20)17-14-6-4-13(16)5-7-14/h4-7,19H,2-3,8-12,16H2,1H3,(H,17,20). The van der Waals surface area contributed by atoms with Gasteiger partial charge in [-0.05, 0) is 37.2 Å². The average Bonchev–Trinajstić information content (AvgIpc) is 2.47. The lowest BCUT2D eigenvalue weighted by molar-refractivity contribution is -0.116. The van der Waals surface area contributed by atoms with Crippen molar-refractivity contribution in [3.8, 4) is 0 Å². The molecule has 0 heterocycles. The summed E-state index contributed by atoms with van der Waals surface area (Å²) in [7, 11) is 1.65. The number of amides is 1. The van der Waals surface area contributed by atoms with Crippen LogP contribution in [-0.2, 0) is 9.53 Å². The first-order valence-corrected chi connectivity index (χ1v) is 7.13. The molecule has 0 unspecified atom stereocenters. The van der Waals surface area contributed by atoms with Gasteiger partial charge in [0, 0.05) is 38.0 Å². The van der Waals surface area contributed by atoms with Crippen LogP contribution in [0.5, 0.6) is 0 Å². The number of methoxy groups -OCH3 is 1. The molecule has 6 heteroatoms.